The summed E-state index contributed by atoms with van der Waals surface area (Å²) in [4.78, 5) is 13.6. The number of methoxy groups -OCH3 is 1. The van der Waals surface area contributed by atoms with E-state index in [0.717, 1.165) is 10.4 Å². The zero-order valence-corrected chi connectivity index (χ0v) is 19.2. The summed E-state index contributed by atoms with van der Waals surface area (Å²) in [7, 11) is -2.28. The largest absolute Gasteiger partial charge is 0.493 e. The van der Waals surface area contributed by atoms with Gasteiger partial charge in [0.15, 0.2) is 11.5 Å². The van der Waals surface area contributed by atoms with Crippen molar-refractivity contribution >= 4 is 44.4 Å². The lowest BCUT2D eigenvalue weighted by molar-refractivity contribution is -0.116. The molecule has 162 valence electrons. The third-order valence-electron chi connectivity index (χ3n) is 5.06. The number of hydrogen-bond donors (Lipinski definition) is 1. The smallest absolute Gasteiger partial charge is 0.225 e. The molecule has 1 unspecified atom stereocenters. The Kier molecular flexibility index (Phi) is 5.96. The molecule has 0 fully saturated rings. The molecule has 1 amide bonds. The molecule has 2 aromatic carbocycles. The number of ether oxygens (including phenoxy) is 2. The van der Waals surface area contributed by atoms with Gasteiger partial charge in [-0.1, -0.05) is 23.7 Å². The van der Waals surface area contributed by atoms with Gasteiger partial charge in [-0.15, -0.1) is 11.3 Å². The molecule has 0 bridgehead atoms. The number of thiophene rings is 1. The number of benzene rings is 2. The summed E-state index contributed by atoms with van der Waals surface area (Å²) in [6, 6.07) is 11.5. The molecule has 1 atom stereocenters. The minimum Gasteiger partial charge on any atom is -0.493 e. The van der Waals surface area contributed by atoms with Crippen molar-refractivity contribution in [1.82, 2.24) is 0 Å². The summed E-state index contributed by atoms with van der Waals surface area (Å²) < 4.78 is 37.8. The Morgan fingerprint density at radius 1 is 1.19 bits per heavy atom. The second-order valence-corrected chi connectivity index (χ2v) is 10.2. The van der Waals surface area contributed by atoms with Crippen LogP contribution < -0.4 is 14.8 Å². The number of carbonyl (C=O) groups excluding carboxylic acids is 1. The molecule has 3 aromatic rings. The van der Waals surface area contributed by atoms with Gasteiger partial charge in [-0.3, -0.25) is 4.79 Å². The Labute approximate surface area is 189 Å². The van der Waals surface area contributed by atoms with E-state index < -0.39 is 9.84 Å². The van der Waals surface area contributed by atoms with Crippen molar-refractivity contribution in [1.29, 1.82) is 0 Å². The van der Waals surface area contributed by atoms with E-state index in [2.05, 4.69) is 5.32 Å². The highest BCUT2D eigenvalue weighted by Gasteiger charge is 2.36. The first kappa shape index (κ1) is 21.7. The molecule has 1 aliphatic heterocycles. The SMILES string of the molecule is CCOc1c(OC)cccc1C1CC(=O)Nc2c(S(=O)(=O)c3ccc(Cl)cc3)csc21. The maximum absolute atomic E-state index is 13.3. The standard InChI is InChI=1S/C22H20ClNO5S2/c1-3-29-21-15(5-4-6-17(21)28-2)16-11-19(25)24-20-18(12-30-22(16)20)31(26,27)14-9-7-13(23)8-10-14/h4-10,12,16H,3,11H2,1-2H3,(H,24,25). The second-order valence-electron chi connectivity index (χ2n) is 6.91. The van der Waals surface area contributed by atoms with Crippen LogP contribution in [-0.4, -0.2) is 28.0 Å². The van der Waals surface area contributed by atoms with Crippen LogP contribution in [0.2, 0.25) is 5.02 Å². The third kappa shape index (κ3) is 3.91. The first-order valence-electron chi connectivity index (χ1n) is 9.58. The van der Waals surface area contributed by atoms with Gasteiger partial charge in [-0.25, -0.2) is 8.42 Å². The van der Waals surface area contributed by atoms with Crippen molar-refractivity contribution in [2.24, 2.45) is 0 Å². The van der Waals surface area contributed by atoms with Gasteiger partial charge in [0, 0.05) is 33.2 Å². The molecule has 1 N–H and O–H groups in total. The number of fused-ring (bicyclic) bond motifs is 1. The summed E-state index contributed by atoms with van der Waals surface area (Å²) in [6.07, 6.45) is 0.182. The number of nitrogens with one attached hydrogen (secondary N) is 1. The number of para-hydroxylation sites is 1. The topological polar surface area (TPSA) is 81.7 Å². The molecule has 0 saturated carbocycles. The Morgan fingerprint density at radius 2 is 1.94 bits per heavy atom. The predicted molar refractivity (Wildman–Crippen MR) is 120 cm³/mol. The van der Waals surface area contributed by atoms with Crippen LogP contribution in [0.1, 0.15) is 29.7 Å². The average Bonchev–Trinajstić information content (AvgIpc) is 3.18. The lowest BCUT2D eigenvalue weighted by Gasteiger charge is -2.26. The number of carbonyl (C=O) groups is 1. The van der Waals surface area contributed by atoms with Crippen molar-refractivity contribution in [2.75, 3.05) is 19.0 Å². The lowest BCUT2D eigenvalue weighted by Crippen LogP contribution is -2.24. The summed E-state index contributed by atoms with van der Waals surface area (Å²) >= 11 is 7.21. The van der Waals surface area contributed by atoms with E-state index in [0.29, 0.717) is 28.8 Å². The molecule has 1 aliphatic rings. The Morgan fingerprint density at radius 3 is 2.61 bits per heavy atom. The van der Waals surface area contributed by atoms with Crippen LogP contribution in [0.5, 0.6) is 11.5 Å². The van der Waals surface area contributed by atoms with E-state index in [1.54, 1.807) is 18.6 Å². The monoisotopic (exact) mass is 477 g/mol. The van der Waals surface area contributed by atoms with Gasteiger partial charge in [0.05, 0.1) is 24.3 Å². The van der Waals surface area contributed by atoms with E-state index in [1.165, 1.54) is 35.6 Å². The molecule has 0 spiro atoms. The molecular weight excluding hydrogens is 458 g/mol. The van der Waals surface area contributed by atoms with Crippen LogP contribution in [0, 0.1) is 0 Å². The molecule has 0 saturated heterocycles. The van der Waals surface area contributed by atoms with Crippen LogP contribution in [0.3, 0.4) is 0 Å². The molecule has 0 aliphatic carbocycles. The fourth-order valence-electron chi connectivity index (χ4n) is 3.66. The van der Waals surface area contributed by atoms with E-state index in [1.807, 2.05) is 19.1 Å². The average molecular weight is 478 g/mol. The minimum atomic E-state index is -3.83. The molecule has 4 rings (SSSR count). The van der Waals surface area contributed by atoms with Crippen LogP contribution in [-0.2, 0) is 14.6 Å². The van der Waals surface area contributed by atoms with Gasteiger partial charge in [0.2, 0.25) is 15.7 Å². The zero-order valence-electron chi connectivity index (χ0n) is 16.8. The highest BCUT2D eigenvalue weighted by Crippen LogP contribution is 2.49. The summed E-state index contributed by atoms with van der Waals surface area (Å²) in [5.41, 5.74) is 1.11. The van der Waals surface area contributed by atoms with Crippen LogP contribution in [0.15, 0.2) is 57.6 Å². The highest BCUT2D eigenvalue weighted by atomic mass is 35.5. The highest BCUT2D eigenvalue weighted by molar-refractivity contribution is 7.91. The summed E-state index contributed by atoms with van der Waals surface area (Å²) in [6.45, 7) is 2.30. The Hall–Kier alpha value is -2.55. The second kappa shape index (κ2) is 8.53. The molecule has 31 heavy (non-hydrogen) atoms. The number of halogens is 1. The third-order valence-corrected chi connectivity index (χ3v) is 8.35. The Bertz CT molecular complexity index is 1240. The maximum Gasteiger partial charge on any atom is 0.225 e. The zero-order chi connectivity index (χ0) is 22.2. The van der Waals surface area contributed by atoms with Crippen molar-refractivity contribution < 1.29 is 22.7 Å². The van der Waals surface area contributed by atoms with Crippen LogP contribution >= 0.6 is 22.9 Å². The first-order valence-corrected chi connectivity index (χ1v) is 12.3. The molecule has 0 radical (unpaired) electrons. The first-order chi connectivity index (χ1) is 14.9. The van der Waals surface area contributed by atoms with E-state index in [-0.39, 0.29) is 28.0 Å². The van der Waals surface area contributed by atoms with Crippen molar-refractivity contribution in [3.05, 3.63) is 63.3 Å². The van der Waals surface area contributed by atoms with Crippen LogP contribution in [0.25, 0.3) is 0 Å². The van der Waals surface area contributed by atoms with Gasteiger partial charge >= 0.3 is 0 Å². The predicted octanol–water partition coefficient (Wildman–Crippen LogP) is 5.12. The fourth-order valence-corrected chi connectivity index (χ4v) is 6.69. The summed E-state index contributed by atoms with van der Waals surface area (Å²) in [5.74, 6) is 0.527. The van der Waals surface area contributed by atoms with Crippen molar-refractivity contribution in [3.8, 4) is 11.5 Å². The number of hydrogen-bond acceptors (Lipinski definition) is 6. The molecular formula is C22H20ClNO5S2. The number of anilines is 1. The summed E-state index contributed by atoms with van der Waals surface area (Å²) in [5, 5.41) is 4.79. The van der Waals surface area contributed by atoms with Crippen molar-refractivity contribution in [2.45, 2.75) is 29.1 Å². The molecule has 2 heterocycles. The minimum absolute atomic E-state index is 0.0775. The quantitative estimate of drug-likeness (QED) is 0.533. The molecule has 9 heteroatoms. The van der Waals surface area contributed by atoms with Gasteiger partial charge in [-0.05, 0) is 37.3 Å². The fraction of sp³-hybridized carbons (Fsp3) is 0.227. The number of amides is 1. The van der Waals surface area contributed by atoms with Gasteiger partial charge < -0.3 is 14.8 Å². The molecule has 1 aromatic heterocycles. The van der Waals surface area contributed by atoms with Gasteiger partial charge in [0.1, 0.15) is 4.90 Å². The normalized spacial score (nSPS) is 15.8. The van der Waals surface area contributed by atoms with Gasteiger partial charge in [0.25, 0.3) is 0 Å². The van der Waals surface area contributed by atoms with Crippen molar-refractivity contribution in [3.63, 3.8) is 0 Å². The van der Waals surface area contributed by atoms with E-state index >= 15 is 0 Å². The van der Waals surface area contributed by atoms with Crippen LogP contribution in [0.4, 0.5) is 5.69 Å². The van der Waals surface area contributed by atoms with E-state index in [9.17, 15) is 13.2 Å². The van der Waals surface area contributed by atoms with Gasteiger partial charge in [-0.2, -0.15) is 0 Å². The Balaban J connectivity index is 1.85. The maximum atomic E-state index is 13.3. The van der Waals surface area contributed by atoms with E-state index in [4.69, 9.17) is 21.1 Å². The number of sulfone groups is 1. The lowest BCUT2D eigenvalue weighted by atomic mass is 9.89. The number of rotatable bonds is 6. The molecule has 6 nitrogen and oxygen atoms in total.